The molecule has 0 bridgehead atoms. The predicted octanol–water partition coefficient (Wildman–Crippen LogP) is 1.67. The Morgan fingerprint density at radius 2 is 2.06 bits per heavy atom. The van der Waals surface area contributed by atoms with Gasteiger partial charge in [-0.3, -0.25) is 4.79 Å². The standard InChI is InChI=1S/C13H24N2O3/c1-3-18-12(16)9-15-13(17)14-8-11-6-4-5-10(2)7-11/h10-11H,3-9H2,1-2H3,(H2,14,15,17). The van der Waals surface area contributed by atoms with Gasteiger partial charge in [-0.15, -0.1) is 0 Å². The highest BCUT2D eigenvalue weighted by atomic mass is 16.5. The lowest BCUT2D eigenvalue weighted by Gasteiger charge is -2.26. The van der Waals surface area contributed by atoms with Crippen molar-refractivity contribution >= 4 is 12.0 Å². The van der Waals surface area contributed by atoms with Crippen molar-refractivity contribution in [1.29, 1.82) is 0 Å². The van der Waals surface area contributed by atoms with Crippen LogP contribution in [0.3, 0.4) is 0 Å². The van der Waals surface area contributed by atoms with E-state index in [2.05, 4.69) is 17.6 Å². The molecule has 0 radical (unpaired) electrons. The number of hydrogen-bond donors (Lipinski definition) is 2. The quantitative estimate of drug-likeness (QED) is 0.735. The lowest BCUT2D eigenvalue weighted by Crippen LogP contribution is -2.41. The van der Waals surface area contributed by atoms with Crippen LogP contribution < -0.4 is 10.6 Å². The zero-order chi connectivity index (χ0) is 13.4. The molecule has 0 saturated heterocycles. The molecule has 2 N–H and O–H groups in total. The zero-order valence-corrected chi connectivity index (χ0v) is 11.3. The van der Waals surface area contributed by atoms with Gasteiger partial charge < -0.3 is 15.4 Å². The van der Waals surface area contributed by atoms with Gasteiger partial charge in [-0.2, -0.15) is 0 Å². The van der Waals surface area contributed by atoms with Gasteiger partial charge in [-0.1, -0.05) is 19.8 Å². The van der Waals surface area contributed by atoms with E-state index in [9.17, 15) is 9.59 Å². The minimum absolute atomic E-state index is 0.0687. The van der Waals surface area contributed by atoms with Gasteiger partial charge >= 0.3 is 12.0 Å². The van der Waals surface area contributed by atoms with Crippen LogP contribution in [-0.4, -0.2) is 31.7 Å². The second-order valence-electron chi connectivity index (χ2n) is 5.01. The third-order valence-corrected chi connectivity index (χ3v) is 3.29. The summed E-state index contributed by atoms with van der Waals surface area (Å²) in [5, 5.41) is 5.31. The van der Waals surface area contributed by atoms with E-state index in [0.29, 0.717) is 19.1 Å². The van der Waals surface area contributed by atoms with Crippen molar-refractivity contribution in [3.8, 4) is 0 Å². The first kappa shape index (κ1) is 14.8. The molecule has 0 aromatic carbocycles. The van der Waals surface area contributed by atoms with Crippen molar-refractivity contribution in [3.63, 3.8) is 0 Å². The summed E-state index contributed by atoms with van der Waals surface area (Å²) in [4.78, 5) is 22.5. The summed E-state index contributed by atoms with van der Waals surface area (Å²) in [5.41, 5.74) is 0. The van der Waals surface area contributed by atoms with Crippen LogP contribution in [0.4, 0.5) is 4.79 Å². The fourth-order valence-corrected chi connectivity index (χ4v) is 2.41. The molecule has 1 aliphatic rings. The lowest BCUT2D eigenvalue weighted by molar-refractivity contribution is -0.141. The largest absolute Gasteiger partial charge is 0.465 e. The van der Waals surface area contributed by atoms with E-state index >= 15 is 0 Å². The van der Waals surface area contributed by atoms with E-state index in [4.69, 9.17) is 4.74 Å². The smallest absolute Gasteiger partial charge is 0.325 e. The summed E-state index contributed by atoms with van der Waals surface area (Å²) in [6.07, 6.45) is 4.91. The van der Waals surface area contributed by atoms with E-state index in [1.54, 1.807) is 6.92 Å². The number of nitrogens with one attached hydrogen (secondary N) is 2. The average molecular weight is 256 g/mol. The zero-order valence-electron chi connectivity index (χ0n) is 11.3. The molecule has 1 fully saturated rings. The molecule has 0 spiro atoms. The first-order valence-corrected chi connectivity index (χ1v) is 6.79. The molecule has 0 heterocycles. The maximum atomic E-state index is 11.4. The molecule has 1 aliphatic carbocycles. The summed E-state index contributed by atoms with van der Waals surface area (Å²) < 4.78 is 4.72. The fraction of sp³-hybridized carbons (Fsp3) is 0.846. The van der Waals surface area contributed by atoms with Gasteiger partial charge in [0.25, 0.3) is 0 Å². The molecule has 5 nitrogen and oxygen atoms in total. The monoisotopic (exact) mass is 256 g/mol. The van der Waals surface area contributed by atoms with Crippen molar-refractivity contribution in [2.75, 3.05) is 19.7 Å². The van der Waals surface area contributed by atoms with Crippen LogP contribution in [-0.2, 0) is 9.53 Å². The van der Waals surface area contributed by atoms with Crippen LogP contribution in [0, 0.1) is 11.8 Å². The summed E-state index contributed by atoms with van der Waals surface area (Å²) in [6, 6.07) is -0.290. The number of rotatable bonds is 5. The van der Waals surface area contributed by atoms with Gasteiger partial charge in [0.05, 0.1) is 6.61 Å². The molecule has 1 rings (SSSR count). The number of ether oxygens (including phenoxy) is 1. The first-order chi connectivity index (χ1) is 8.61. The van der Waals surface area contributed by atoms with Crippen LogP contribution >= 0.6 is 0 Å². The molecule has 2 unspecified atom stereocenters. The minimum Gasteiger partial charge on any atom is -0.465 e. The second-order valence-corrected chi connectivity index (χ2v) is 5.01. The molecule has 104 valence electrons. The Hall–Kier alpha value is -1.26. The molecule has 0 aromatic rings. The Kier molecular flexibility index (Phi) is 6.54. The number of carbonyl (C=O) groups excluding carboxylic acids is 2. The van der Waals surface area contributed by atoms with Crippen LogP contribution in [0.5, 0.6) is 0 Å². The minimum atomic E-state index is -0.404. The van der Waals surface area contributed by atoms with Gasteiger partial charge in [-0.05, 0) is 31.6 Å². The summed E-state index contributed by atoms with van der Waals surface area (Å²) in [7, 11) is 0. The van der Waals surface area contributed by atoms with Crippen molar-refractivity contribution in [1.82, 2.24) is 10.6 Å². The molecular formula is C13H24N2O3. The normalized spacial score (nSPS) is 23.2. The van der Waals surface area contributed by atoms with E-state index in [1.807, 2.05) is 0 Å². The van der Waals surface area contributed by atoms with Crippen molar-refractivity contribution in [3.05, 3.63) is 0 Å². The lowest BCUT2D eigenvalue weighted by atomic mass is 9.82. The molecule has 18 heavy (non-hydrogen) atoms. The van der Waals surface area contributed by atoms with E-state index in [0.717, 1.165) is 5.92 Å². The number of carbonyl (C=O) groups is 2. The fourth-order valence-electron chi connectivity index (χ4n) is 2.41. The summed E-state index contributed by atoms with van der Waals surface area (Å²) in [5.74, 6) is 0.925. The predicted molar refractivity (Wildman–Crippen MR) is 69.2 cm³/mol. The van der Waals surface area contributed by atoms with Gasteiger partial charge in [0.15, 0.2) is 0 Å². The third-order valence-electron chi connectivity index (χ3n) is 3.29. The Morgan fingerprint density at radius 1 is 1.28 bits per heavy atom. The maximum absolute atomic E-state index is 11.4. The van der Waals surface area contributed by atoms with E-state index in [-0.39, 0.29) is 12.6 Å². The van der Waals surface area contributed by atoms with Gasteiger partial charge in [-0.25, -0.2) is 4.79 Å². The number of esters is 1. The number of amides is 2. The van der Waals surface area contributed by atoms with Crippen molar-refractivity contribution in [2.24, 2.45) is 11.8 Å². The summed E-state index contributed by atoms with van der Waals surface area (Å²) >= 11 is 0. The van der Waals surface area contributed by atoms with Crippen LogP contribution in [0.2, 0.25) is 0 Å². The highest BCUT2D eigenvalue weighted by Gasteiger charge is 2.19. The van der Waals surface area contributed by atoms with E-state index in [1.165, 1.54) is 25.7 Å². The Bertz CT molecular complexity index is 281. The molecule has 0 aliphatic heterocycles. The maximum Gasteiger partial charge on any atom is 0.325 e. The van der Waals surface area contributed by atoms with E-state index < -0.39 is 5.97 Å². The Morgan fingerprint density at radius 3 is 2.72 bits per heavy atom. The van der Waals surface area contributed by atoms with Gasteiger partial charge in [0.1, 0.15) is 6.54 Å². The second kappa shape index (κ2) is 7.95. The van der Waals surface area contributed by atoms with Crippen LogP contribution in [0.25, 0.3) is 0 Å². The summed E-state index contributed by atoms with van der Waals surface area (Å²) in [6.45, 7) is 4.96. The SMILES string of the molecule is CCOC(=O)CNC(=O)NCC1CCCC(C)C1. The Labute approximate surface area is 109 Å². The molecule has 0 aromatic heterocycles. The average Bonchev–Trinajstić information content (AvgIpc) is 2.34. The molecule has 2 amide bonds. The topological polar surface area (TPSA) is 67.4 Å². The molecular weight excluding hydrogens is 232 g/mol. The first-order valence-electron chi connectivity index (χ1n) is 6.79. The van der Waals surface area contributed by atoms with Crippen LogP contribution in [0.1, 0.15) is 39.5 Å². The number of urea groups is 1. The highest BCUT2D eigenvalue weighted by Crippen LogP contribution is 2.27. The van der Waals surface area contributed by atoms with Gasteiger partial charge in [0, 0.05) is 6.54 Å². The molecule has 5 heteroatoms. The molecule has 1 saturated carbocycles. The number of hydrogen-bond acceptors (Lipinski definition) is 3. The Balaban J connectivity index is 2.11. The van der Waals surface area contributed by atoms with Crippen molar-refractivity contribution in [2.45, 2.75) is 39.5 Å². The highest BCUT2D eigenvalue weighted by molar-refractivity contribution is 5.80. The third kappa shape index (κ3) is 5.89. The van der Waals surface area contributed by atoms with Crippen molar-refractivity contribution < 1.29 is 14.3 Å². The van der Waals surface area contributed by atoms with Gasteiger partial charge in [0.2, 0.25) is 0 Å². The van der Waals surface area contributed by atoms with Crippen LogP contribution in [0.15, 0.2) is 0 Å². The molecule has 2 atom stereocenters.